The van der Waals surface area contributed by atoms with Gasteiger partial charge in [-0.1, -0.05) is 12.1 Å². The number of nitrogens with one attached hydrogen (secondary N) is 1. The molecular weight excluding hydrogens is 398 g/mol. The first kappa shape index (κ1) is 22.2. The van der Waals surface area contributed by atoms with Crippen molar-refractivity contribution in [2.75, 3.05) is 34.9 Å². The molecule has 0 fully saturated rings. The van der Waals surface area contributed by atoms with Gasteiger partial charge in [-0.05, 0) is 24.3 Å². The Hall–Kier alpha value is -3.11. The quantitative estimate of drug-likeness (QED) is 0.486. The summed E-state index contributed by atoms with van der Waals surface area (Å²) in [7, 11) is 1.60. The number of carbonyl (C=O) groups is 1. The number of hydrogen-bond acceptors (Lipinski definition) is 7. The summed E-state index contributed by atoms with van der Waals surface area (Å²) in [6.45, 7) is -0.439. The minimum absolute atomic E-state index is 0.104. The number of ether oxygens (including phenoxy) is 3. The number of likely N-dealkylation sites (N-methyl/N-ethyl adjacent to an activating group) is 1. The molecule has 0 aliphatic rings. The molecule has 0 bridgehead atoms. The highest BCUT2D eigenvalue weighted by Crippen LogP contribution is 2.30. The number of methoxy groups -OCH3 is 3. The number of carbonyl (C=O) groups excluding carboxylic acids is 1. The average Bonchev–Trinajstić information content (AvgIpc) is 2.73. The van der Waals surface area contributed by atoms with Gasteiger partial charge in [-0.25, -0.2) is 13.8 Å². The van der Waals surface area contributed by atoms with Crippen LogP contribution in [0, 0.1) is 0 Å². The lowest BCUT2D eigenvalue weighted by Crippen LogP contribution is -2.36. The van der Waals surface area contributed by atoms with E-state index in [1.165, 1.54) is 46.7 Å². The zero-order valence-corrected chi connectivity index (χ0v) is 17.4. The molecule has 10 heteroatoms. The third-order valence-corrected chi connectivity index (χ3v) is 5.78. The van der Waals surface area contributed by atoms with E-state index in [0.717, 1.165) is 4.31 Å². The van der Waals surface area contributed by atoms with Crippen molar-refractivity contribution >= 4 is 22.1 Å². The lowest BCUT2D eigenvalue weighted by atomic mass is 10.2. The summed E-state index contributed by atoms with van der Waals surface area (Å²) in [5, 5.41) is 3.85. The van der Waals surface area contributed by atoms with Crippen molar-refractivity contribution < 1.29 is 27.4 Å². The van der Waals surface area contributed by atoms with Gasteiger partial charge < -0.3 is 14.2 Å². The molecule has 2 aromatic carbocycles. The van der Waals surface area contributed by atoms with E-state index in [0.29, 0.717) is 17.1 Å². The van der Waals surface area contributed by atoms with Crippen LogP contribution in [-0.4, -0.2) is 59.8 Å². The Bertz CT molecular complexity index is 991. The normalized spacial score (nSPS) is 11.5. The highest BCUT2D eigenvalue weighted by Gasteiger charge is 2.27. The second kappa shape index (κ2) is 9.89. The lowest BCUT2D eigenvalue weighted by molar-refractivity contribution is -0.121. The van der Waals surface area contributed by atoms with E-state index in [9.17, 15) is 13.2 Å². The van der Waals surface area contributed by atoms with Crippen molar-refractivity contribution in [2.45, 2.75) is 4.90 Å². The number of hydrazone groups is 1. The zero-order chi connectivity index (χ0) is 21.4. The van der Waals surface area contributed by atoms with E-state index in [1.807, 2.05) is 0 Å². The summed E-state index contributed by atoms with van der Waals surface area (Å²) >= 11 is 0. The summed E-state index contributed by atoms with van der Waals surface area (Å²) in [4.78, 5) is 12.0. The second-order valence-electron chi connectivity index (χ2n) is 5.81. The number of rotatable bonds is 9. The summed E-state index contributed by atoms with van der Waals surface area (Å²) in [5.41, 5.74) is 2.97. The smallest absolute Gasteiger partial charge is 0.255 e. The van der Waals surface area contributed by atoms with Gasteiger partial charge in [0.1, 0.15) is 22.1 Å². The van der Waals surface area contributed by atoms with Crippen LogP contribution in [0.2, 0.25) is 0 Å². The molecule has 0 aliphatic heterocycles. The van der Waals surface area contributed by atoms with Gasteiger partial charge in [0.15, 0.2) is 0 Å². The summed E-state index contributed by atoms with van der Waals surface area (Å²) in [6.07, 6.45) is 1.41. The number of nitrogens with zero attached hydrogens (tertiary/aromatic N) is 2. The van der Waals surface area contributed by atoms with Crippen molar-refractivity contribution in [1.29, 1.82) is 0 Å². The topological polar surface area (TPSA) is 107 Å². The largest absolute Gasteiger partial charge is 0.497 e. The Morgan fingerprint density at radius 1 is 1.07 bits per heavy atom. The van der Waals surface area contributed by atoms with Crippen LogP contribution in [0.4, 0.5) is 0 Å². The van der Waals surface area contributed by atoms with Gasteiger partial charge in [0.25, 0.3) is 5.91 Å². The molecule has 1 N–H and O–H groups in total. The Kier molecular flexibility index (Phi) is 7.57. The molecule has 0 saturated heterocycles. The van der Waals surface area contributed by atoms with Crippen LogP contribution in [0.5, 0.6) is 17.2 Å². The number of para-hydroxylation sites is 1. The molecular formula is C19H23N3O6S. The molecule has 0 radical (unpaired) electrons. The molecule has 0 spiro atoms. The molecule has 0 unspecified atom stereocenters. The van der Waals surface area contributed by atoms with Crippen LogP contribution in [0.15, 0.2) is 52.5 Å². The van der Waals surface area contributed by atoms with Gasteiger partial charge in [0, 0.05) is 18.7 Å². The Labute approximate surface area is 169 Å². The van der Waals surface area contributed by atoms with Crippen molar-refractivity contribution in [3.8, 4) is 17.2 Å². The van der Waals surface area contributed by atoms with Crippen molar-refractivity contribution in [3.63, 3.8) is 0 Å². The van der Waals surface area contributed by atoms with Crippen LogP contribution >= 0.6 is 0 Å². The molecule has 2 rings (SSSR count). The fraction of sp³-hybridized carbons (Fsp3) is 0.263. The van der Waals surface area contributed by atoms with E-state index < -0.39 is 22.5 Å². The van der Waals surface area contributed by atoms with Crippen LogP contribution in [0.25, 0.3) is 0 Å². The Morgan fingerprint density at radius 3 is 2.41 bits per heavy atom. The molecule has 156 valence electrons. The summed E-state index contributed by atoms with van der Waals surface area (Å²) in [5.74, 6) is 0.482. The maximum absolute atomic E-state index is 12.8. The Balaban J connectivity index is 2.09. The van der Waals surface area contributed by atoms with Gasteiger partial charge in [0.2, 0.25) is 10.0 Å². The van der Waals surface area contributed by atoms with Crippen LogP contribution in [-0.2, 0) is 14.8 Å². The predicted molar refractivity (Wildman–Crippen MR) is 108 cm³/mol. The van der Waals surface area contributed by atoms with Gasteiger partial charge in [0.05, 0.1) is 34.1 Å². The van der Waals surface area contributed by atoms with E-state index >= 15 is 0 Å². The fourth-order valence-electron chi connectivity index (χ4n) is 2.42. The molecule has 9 nitrogen and oxygen atoms in total. The maximum atomic E-state index is 12.8. The minimum Gasteiger partial charge on any atom is -0.497 e. The minimum atomic E-state index is -4.00. The van der Waals surface area contributed by atoms with Gasteiger partial charge in [-0.2, -0.15) is 9.41 Å². The highest BCUT2D eigenvalue weighted by molar-refractivity contribution is 7.89. The first-order valence-electron chi connectivity index (χ1n) is 8.46. The van der Waals surface area contributed by atoms with Crippen LogP contribution in [0.1, 0.15) is 5.56 Å². The van der Waals surface area contributed by atoms with E-state index in [2.05, 4.69) is 10.5 Å². The number of amides is 1. The SMILES string of the molecule is COc1ccc(OC)c(S(=O)(=O)N(C)CC(=O)N/N=C/c2ccccc2OC)c1. The standard InChI is InChI=1S/C19H23N3O6S/c1-22(29(24,25)18-11-15(26-2)9-10-17(18)28-4)13-19(23)21-20-12-14-7-5-6-8-16(14)27-3/h5-12H,13H2,1-4H3,(H,21,23)/b20-12+. The predicted octanol–water partition coefficient (Wildman–Crippen LogP) is 1.48. The third-order valence-electron chi connectivity index (χ3n) is 3.96. The van der Waals surface area contributed by atoms with Crippen molar-refractivity contribution in [2.24, 2.45) is 5.10 Å². The van der Waals surface area contributed by atoms with Crippen molar-refractivity contribution in [3.05, 3.63) is 48.0 Å². The van der Waals surface area contributed by atoms with E-state index in [-0.39, 0.29) is 10.6 Å². The van der Waals surface area contributed by atoms with E-state index in [1.54, 1.807) is 30.3 Å². The highest BCUT2D eigenvalue weighted by atomic mass is 32.2. The maximum Gasteiger partial charge on any atom is 0.255 e. The van der Waals surface area contributed by atoms with Crippen LogP contribution < -0.4 is 19.6 Å². The molecule has 29 heavy (non-hydrogen) atoms. The Morgan fingerprint density at radius 2 is 1.76 bits per heavy atom. The van der Waals surface area contributed by atoms with Gasteiger partial charge in [-0.15, -0.1) is 0 Å². The van der Waals surface area contributed by atoms with Crippen LogP contribution in [0.3, 0.4) is 0 Å². The molecule has 2 aromatic rings. The monoisotopic (exact) mass is 421 g/mol. The fourth-order valence-corrected chi connectivity index (χ4v) is 3.72. The lowest BCUT2D eigenvalue weighted by Gasteiger charge is -2.18. The van der Waals surface area contributed by atoms with Crippen molar-refractivity contribution in [1.82, 2.24) is 9.73 Å². The van der Waals surface area contributed by atoms with Gasteiger partial charge >= 0.3 is 0 Å². The molecule has 0 saturated carbocycles. The number of benzene rings is 2. The number of sulfonamides is 1. The molecule has 0 heterocycles. The summed E-state index contributed by atoms with van der Waals surface area (Å²) < 4.78 is 42.0. The average molecular weight is 421 g/mol. The number of hydrogen-bond donors (Lipinski definition) is 1. The van der Waals surface area contributed by atoms with E-state index in [4.69, 9.17) is 14.2 Å². The molecule has 1 amide bonds. The first-order chi connectivity index (χ1) is 13.8. The zero-order valence-electron chi connectivity index (χ0n) is 16.6. The second-order valence-corrected chi connectivity index (χ2v) is 7.83. The molecule has 0 aromatic heterocycles. The third kappa shape index (κ3) is 5.46. The molecule has 0 aliphatic carbocycles. The molecule has 0 atom stereocenters. The first-order valence-corrected chi connectivity index (χ1v) is 9.90. The van der Waals surface area contributed by atoms with Gasteiger partial charge in [-0.3, -0.25) is 4.79 Å². The summed E-state index contributed by atoms with van der Waals surface area (Å²) in [6, 6.07) is 11.5.